The lowest BCUT2D eigenvalue weighted by molar-refractivity contribution is 0.125. The number of nitrogens with zero attached hydrogens (tertiary/aromatic N) is 4. The topological polar surface area (TPSA) is 33.5 Å². The van der Waals surface area contributed by atoms with E-state index in [4.69, 9.17) is 5.26 Å². The number of likely N-dealkylation sites (tertiary alicyclic amines) is 1. The fourth-order valence-electron chi connectivity index (χ4n) is 3.61. The van der Waals surface area contributed by atoms with E-state index < -0.39 is 0 Å². The Morgan fingerprint density at radius 2 is 1.77 bits per heavy atom. The van der Waals surface area contributed by atoms with Crippen molar-refractivity contribution in [2.45, 2.75) is 25.3 Å². The molecule has 2 aliphatic heterocycles. The molecule has 2 aliphatic rings. The Morgan fingerprint density at radius 1 is 1.05 bits per heavy atom. The highest BCUT2D eigenvalue weighted by Gasteiger charge is 2.24. The first-order chi connectivity index (χ1) is 10.8. The van der Waals surface area contributed by atoms with Crippen LogP contribution in [0.4, 0.5) is 5.69 Å². The predicted octanol–water partition coefficient (Wildman–Crippen LogP) is 2.16. The zero-order valence-corrected chi connectivity index (χ0v) is 13.5. The zero-order chi connectivity index (χ0) is 15.4. The molecule has 0 radical (unpaired) electrons. The summed E-state index contributed by atoms with van der Waals surface area (Å²) < 4.78 is 0. The summed E-state index contributed by atoms with van der Waals surface area (Å²) in [6.45, 7) is 6.94. The first-order valence-corrected chi connectivity index (χ1v) is 8.44. The summed E-state index contributed by atoms with van der Waals surface area (Å²) in [5.41, 5.74) is 1.98. The molecule has 3 rings (SSSR count). The Kier molecular flexibility index (Phi) is 4.97. The minimum Gasteiger partial charge on any atom is -0.369 e. The summed E-state index contributed by atoms with van der Waals surface area (Å²) in [4.78, 5) is 7.59. The van der Waals surface area contributed by atoms with E-state index in [-0.39, 0.29) is 0 Å². The first kappa shape index (κ1) is 15.3. The van der Waals surface area contributed by atoms with Crippen molar-refractivity contribution >= 4 is 5.69 Å². The molecule has 2 fully saturated rings. The number of rotatable bonds is 3. The second-order valence-electron chi connectivity index (χ2n) is 6.58. The molecule has 1 atom stereocenters. The number of hydrogen-bond acceptors (Lipinski definition) is 4. The van der Waals surface area contributed by atoms with Crippen molar-refractivity contribution in [2.24, 2.45) is 0 Å². The van der Waals surface area contributed by atoms with Crippen LogP contribution in [-0.2, 0) is 0 Å². The van der Waals surface area contributed by atoms with Gasteiger partial charge in [0, 0.05) is 44.5 Å². The Morgan fingerprint density at radius 3 is 2.41 bits per heavy atom. The van der Waals surface area contributed by atoms with E-state index in [1.54, 1.807) is 0 Å². The summed E-state index contributed by atoms with van der Waals surface area (Å²) >= 11 is 0. The van der Waals surface area contributed by atoms with E-state index in [9.17, 15) is 0 Å². The molecule has 2 saturated heterocycles. The lowest BCUT2D eigenvalue weighted by Crippen LogP contribution is -2.51. The van der Waals surface area contributed by atoms with Crippen molar-refractivity contribution < 1.29 is 0 Å². The minimum atomic E-state index is 0.739. The monoisotopic (exact) mass is 298 g/mol. The van der Waals surface area contributed by atoms with E-state index in [2.05, 4.69) is 39.9 Å². The van der Waals surface area contributed by atoms with Crippen molar-refractivity contribution in [3.05, 3.63) is 29.8 Å². The van der Waals surface area contributed by atoms with Gasteiger partial charge in [0.05, 0.1) is 11.6 Å². The highest BCUT2D eigenvalue weighted by Crippen LogP contribution is 2.19. The van der Waals surface area contributed by atoms with Crippen molar-refractivity contribution in [3.63, 3.8) is 0 Å². The van der Waals surface area contributed by atoms with Crippen molar-refractivity contribution in [1.29, 1.82) is 5.26 Å². The Labute approximate surface area is 133 Å². The van der Waals surface area contributed by atoms with Crippen LogP contribution in [0, 0.1) is 11.3 Å². The second kappa shape index (κ2) is 7.13. The molecule has 2 heterocycles. The molecule has 1 aromatic carbocycles. The maximum Gasteiger partial charge on any atom is 0.0991 e. The number of likely N-dealkylation sites (N-methyl/N-ethyl adjacent to an activating group) is 1. The summed E-state index contributed by atoms with van der Waals surface area (Å²) in [7, 11) is 2.27. The standard InChI is InChI=1S/C18H26N4/c1-20-9-3-2-4-18(20)15-21-10-12-22(13-11-21)17-7-5-16(14-19)6-8-17/h5-8,18H,2-4,9-13,15H2,1H3. The van der Waals surface area contributed by atoms with E-state index in [1.807, 2.05) is 12.1 Å². The van der Waals surface area contributed by atoms with Gasteiger partial charge < -0.3 is 9.80 Å². The summed E-state index contributed by atoms with van der Waals surface area (Å²) in [5.74, 6) is 0. The van der Waals surface area contributed by atoms with Gasteiger partial charge in [-0.2, -0.15) is 5.26 Å². The van der Waals surface area contributed by atoms with Gasteiger partial charge in [0.2, 0.25) is 0 Å². The van der Waals surface area contributed by atoms with Crippen LogP contribution in [0.3, 0.4) is 0 Å². The average molecular weight is 298 g/mol. The van der Waals surface area contributed by atoms with Gasteiger partial charge in [0.15, 0.2) is 0 Å². The van der Waals surface area contributed by atoms with Gasteiger partial charge in [-0.25, -0.2) is 0 Å². The molecule has 1 unspecified atom stereocenters. The van der Waals surface area contributed by atoms with Crippen molar-refractivity contribution in [3.8, 4) is 6.07 Å². The smallest absolute Gasteiger partial charge is 0.0991 e. The van der Waals surface area contributed by atoms with Crippen LogP contribution >= 0.6 is 0 Å². The molecular weight excluding hydrogens is 272 g/mol. The van der Waals surface area contributed by atoms with Crippen LogP contribution < -0.4 is 4.90 Å². The first-order valence-electron chi connectivity index (χ1n) is 8.44. The van der Waals surface area contributed by atoms with Gasteiger partial charge >= 0.3 is 0 Å². The lowest BCUT2D eigenvalue weighted by atomic mass is 10.0. The van der Waals surface area contributed by atoms with Gasteiger partial charge in [-0.1, -0.05) is 6.42 Å². The minimum absolute atomic E-state index is 0.739. The average Bonchev–Trinajstić information content (AvgIpc) is 2.58. The summed E-state index contributed by atoms with van der Waals surface area (Å²) in [5, 5.41) is 8.88. The van der Waals surface area contributed by atoms with Gasteiger partial charge in [0.1, 0.15) is 0 Å². The fraction of sp³-hybridized carbons (Fsp3) is 0.611. The normalized spacial score (nSPS) is 24.2. The number of benzene rings is 1. The third-order valence-electron chi connectivity index (χ3n) is 5.12. The van der Waals surface area contributed by atoms with Crippen LogP contribution in [0.5, 0.6) is 0 Å². The van der Waals surface area contributed by atoms with Crippen LogP contribution in [0.25, 0.3) is 0 Å². The van der Waals surface area contributed by atoms with Crippen LogP contribution in [0.2, 0.25) is 0 Å². The fourth-order valence-corrected chi connectivity index (χ4v) is 3.61. The Bertz CT molecular complexity index is 511. The zero-order valence-electron chi connectivity index (χ0n) is 13.5. The molecule has 0 spiro atoms. The van der Waals surface area contributed by atoms with Crippen LogP contribution in [-0.4, -0.2) is 62.2 Å². The third kappa shape index (κ3) is 3.60. The Balaban J connectivity index is 1.50. The van der Waals surface area contributed by atoms with Gasteiger partial charge in [-0.05, 0) is 50.7 Å². The number of piperazine rings is 1. The molecule has 0 amide bonds. The molecule has 4 heteroatoms. The van der Waals surface area contributed by atoms with Gasteiger partial charge in [0.25, 0.3) is 0 Å². The molecule has 0 saturated carbocycles. The van der Waals surface area contributed by atoms with Gasteiger partial charge in [-0.15, -0.1) is 0 Å². The molecule has 0 bridgehead atoms. The molecule has 1 aromatic rings. The maximum atomic E-state index is 8.88. The number of hydrogen-bond donors (Lipinski definition) is 0. The third-order valence-corrected chi connectivity index (χ3v) is 5.12. The second-order valence-corrected chi connectivity index (χ2v) is 6.58. The molecule has 4 nitrogen and oxygen atoms in total. The largest absolute Gasteiger partial charge is 0.369 e. The van der Waals surface area contributed by atoms with E-state index in [1.165, 1.54) is 38.0 Å². The van der Waals surface area contributed by atoms with Crippen LogP contribution in [0.15, 0.2) is 24.3 Å². The molecule has 118 valence electrons. The number of anilines is 1. The number of piperidine rings is 1. The van der Waals surface area contributed by atoms with Gasteiger partial charge in [-0.3, -0.25) is 4.90 Å². The molecule has 22 heavy (non-hydrogen) atoms. The highest BCUT2D eigenvalue weighted by molar-refractivity contribution is 5.50. The summed E-state index contributed by atoms with van der Waals surface area (Å²) in [6, 6.07) is 10.9. The quantitative estimate of drug-likeness (QED) is 0.856. The van der Waals surface area contributed by atoms with Crippen LogP contribution in [0.1, 0.15) is 24.8 Å². The SMILES string of the molecule is CN1CCCCC1CN1CCN(c2ccc(C#N)cc2)CC1. The summed E-state index contributed by atoms with van der Waals surface area (Å²) in [6.07, 6.45) is 4.10. The molecular formula is C18H26N4. The molecule has 0 aromatic heterocycles. The lowest BCUT2D eigenvalue weighted by Gasteiger charge is -2.40. The van der Waals surface area contributed by atoms with E-state index in [0.717, 1.165) is 37.8 Å². The predicted molar refractivity (Wildman–Crippen MR) is 90.1 cm³/mol. The van der Waals surface area contributed by atoms with Crippen molar-refractivity contribution in [1.82, 2.24) is 9.80 Å². The highest BCUT2D eigenvalue weighted by atomic mass is 15.3. The van der Waals surface area contributed by atoms with E-state index in [0.29, 0.717) is 0 Å². The number of nitriles is 1. The molecule has 0 aliphatic carbocycles. The maximum absolute atomic E-state index is 8.88. The molecule has 0 N–H and O–H groups in total. The van der Waals surface area contributed by atoms with Crippen molar-refractivity contribution in [2.75, 3.05) is 51.2 Å². The van der Waals surface area contributed by atoms with E-state index >= 15 is 0 Å². The Hall–Kier alpha value is -1.57.